The lowest BCUT2D eigenvalue weighted by atomic mass is 10.2. The zero-order valence-corrected chi connectivity index (χ0v) is 12.9. The number of hydrogen-bond donors (Lipinski definition) is 0. The van der Waals surface area contributed by atoms with Gasteiger partial charge in [-0.25, -0.2) is 0 Å². The molecule has 0 atom stereocenters. The number of hydrogen-bond acceptors (Lipinski definition) is 4. The second-order valence-corrected chi connectivity index (χ2v) is 4.71. The average Bonchev–Trinajstić information content (AvgIpc) is 2.47. The summed E-state index contributed by atoms with van der Waals surface area (Å²) in [5, 5.41) is 0. The Labute approximate surface area is 125 Å². The molecule has 1 aromatic carbocycles. The summed E-state index contributed by atoms with van der Waals surface area (Å²) in [4.78, 5) is 24.8. The van der Waals surface area contributed by atoms with E-state index in [1.807, 2.05) is 38.1 Å². The van der Waals surface area contributed by atoms with Crippen LogP contribution in [0.15, 0.2) is 24.3 Å². The van der Waals surface area contributed by atoms with Crippen LogP contribution in [-0.4, -0.2) is 43.6 Å². The molecule has 0 heterocycles. The highest BCUT2D eigenvalue weighted by atomic mass is 16.5. The SMILES string of the molecule is CCN(CCC(=O)OC)C(=O)CCOc1cccc(C)c1. The van der Waals surface area contributed by atoms with Crippen LogP contribution in [-0.2, 0) is 14.3 Å². The molecule has 5 heteroatoms. The lowest BCUT2D eigenvalue weighted by Gasteiger charge is -2.20. The molecule has 116 valence electrons. The molecule has 0 aliphatic rings. The van der Waals surface area contributed by atoms with Crippen LogP contribution in [0, 0.1) is 6.92 Å². The number of ether oxygens (including phenoxy) is 2. The van der Waals surface area contributed by atoms with Crippen LogP contribution in [0.5, 0.6) is 5.75 Å². The van der Waals surface area contributed by atoms with Crippen LogP contribution in [0.3, 0.4) is 0 Å². The molecule has 0 aliphatic heterocycles. The van der Waals surface area contributed by atoms with Crippen LogP contribution in [0.25, 0.3) is 0 Å². The first-order valence-electron chi connectivity index (χ1n) is 7.11. The number of esters is 1. The van der Waals surface area contributed by atoms with E-state index in [9.17, 15) is 9.59 Å². The standard InChI is InChI=1S/C16H23NO4/c1-4-17(10-8-16(19)20-3)15(18)9-11-21-14-7-5-6-13(2)12-14/h5-7,12H,4,8-11H2,1-3H3. The first-order valence-corrected chi connectivity index (χ1v) is 7.11. The number of rotatable bonds is 8. The summed E-state index contributed by atoms with van der Waals surface area (Å²) < 4.78 is 10.1. The van der Waals surface area contributed by atoms with Gasteiger partial charge in [-0.2, -0.15) is 0 Å². The Morgan fingerprint density at radius 2 is 2.00 bits per heavy atom. The normalized spacial score (nSPS) is 10.0. The fourth-order valence-electron chi connectivity index (χ4n) is 1.91. The summed E-state index contributed by atoms with van der Waals surface area (Å²) in [5.74, 6) is 0.437. The quantitative estimate of drug-likeness (QED) is 0.689. The minimum absolute atomic E-state index is 0.0194. The first kappa shape index (κ1) is 17.0. The van der Waals surface area contributed by atoms with Crippen LogP contribution in [0.2, 0.25) is 0 Å². The van der Waals surface area contributed by atoms with Crippen molar-refractivity contribution in [3.63, 3.8) is 0 Å². The van der Waals surface area contributed by atoms with E-state index in [4.69, 9.17) is 4.74 Å². The van der Waals surface area contributed by atoms with Gasteiger partial charge < -0.3 is 14.4 Å². The number of aryl methyl sites for hydroxylation is 1. The van der Waals surface area contributed by atoms with Gasteiger partial charge in [-0.1, -0.05) is 12.1 Å². The van der Waals surface area contributed by atoms with E-state index in [1.165, 1.54) is 7.11 Å². The van der Waals surface area contributed by atoms with Crippen LogP contribution in [0.4, 0.5) is 0 Å². The third-order valence-electron chi connectivity index (χ3n) is 3.12. The molecule has 21 heavy (non-hydrogen) atoms. The van der Waals surface area contributed by atoms with Gasteiger partial charge in [0.25, 0.3) is 0 Å². The van der Waals surface area contributed by atoms with E-state index in [-0.39, 0.29) is 18.3 Å². The molecular weight excluding hydrogens is 270 g/mol. The summed E-state index contributed by atoms with van der Waals surface area (Å²) in [6, 6.07) is 7.70. The van der Waals surface area contributed by atoms with E-state index in [0.717, 1.165) is 11.3 Å². The van der Waals surface area contributed by atoms with E-state index >= 15 is 0 Å². The molecule has 5 nitrogen and oxygen atoms in total. The van der Waals surface area contributed by atoms with Crippen molar-refractivity contribution in [2.75, 3.05) is 26.8 Å². The van der Waals surface area contributed by atoms with E-state index in [1.54, 1.807) is 4.90 Å². The minimum Gasteiger partial charge on any atom is -0.493 e. The van der Waals surface area contributed by atoms with Gasteiger partial charge in [-0.15, -0.1) is 0 Å². The third kappa shape index (κ3) is 6.29. The molecule has 1 aromatic rings. The van der Waals surface area contributed by atoms with Gasteiger partial charge in [-0.3, -0.25) is 9.59 Å². The van der Waals surface area contributed by atoms with Crippen molar-refractivity contribution in [2.24, 2.45) is 0 Å². The van der Waals surface area contributed by atoms with Crippen molar-refractivity contribution in [2.45, 2.75) is 26.7 Å². The monoisotopic (exact) mass is 293 g/mol. The highest BCUT2D eigenvalue weighted by molar-refractivity contribution is 5.77. The van der Waals surface area contributed by atoms with E-state index in [0.29, 0.717) is 26.1 Å². The van der Waals surface area contributed by atoms with Crippen molar-refractivity contribution in [1.82, 2.24) is 4.90 Å². The molecule has 1 amide bonds. The molecule has 0 fully saturated rings. The average molecular weight is 293 g/mol. The molecule has 0 saturated carbocycles. The Kier molecular flexibility index (Phi) is 7.29. The number of carbonyl (C=O) groups excluding carboxylic acids is 2. The van der Waals surface area contributed by atoms with Crippen LogP contribution < -0.4 is 4.74 Å². The molecule has 1 rings (SSSR count). The van der Waals surface area contributed by atoms with Gasteiger partial charge in [0.05, 0.1) is 26.6 Å². The number of amides is 1. The highest BCUT2D eigenvalue weighted by Gasteiger charge is 2.13. The molecule has 0 bridgehead atoms. The lowest BCUT2D eigenvalue weighted by Crippen LogP contribution is -2.33. The van der Waals surface area contributed by atoms with Gasteiger partial charge in [0.15, 0.2) is 0 Å². The zero-order valence-electron chi connectivity index (χ0n) is 12.9. The molecule has 0 radical (unpaired) electrons. The third-order valence-corrected chi connectivity index (χ3v) is 3.12. The van der Waals surface area contributed by atoms with Crippen LogP contribution in [0.1, 0.15) is 25.3 Å². The Morgan fingerprint density at radius 3 is 2.62 bits per heavy atom. The molecule has 0 N–H and O–H groups in total. The van der Waals surface area contributed by atoms with Crippen molar-refractivity contribution < 1.29 is 19.1 Å². The van der Waals surface area contributed by atoms with Crippen molar-refractivity contribution in [3.8, 4) is 5.75 Å². The molecular formula is C16H23NO4. The maximum Gasteiger partial charge on any atom is 0.307 e. The van der Waals surface area contributed by atoms with Gasteiger partial charge in [0, 0.05) is 13.1 Å². The maximum atomic E-state index is 12.0. The summed E-state index contributed by atoms with van der Waals surface area (Å²) in [6.07, 6.45) is 0.512. The van der Waals surface area contributed by atoms with Crippen molar-refractivity contribution in [3.05, 3.63) is 29.8 Å². The number of nitrogens with zero attached hydrogens (tertiary/aromatic N) is 1. The summed E-state index contributed by atoms with van der Waals surface area (Å²) >= 11 is 0. The Morgan fingerprint density at radius 1 is 1.24 bits per heavy atom. The molecule has 0 aliphatic carbocycles. The zero-order chi connectivity index (χ0) is 15.7. The number of carbonyl (C=O) groups is 2. The fourth-order valence-corrected chi connectivity index (χ4v) is 1.91. The van der Waals surface area contributed by atoms with Crippen molar-refractivity contribution in [1.29, 1.82) is 0 Å². The largest absolute Gasteiger partial charge is 0.493 e. The predicted octanol–water partition coefficient (Wildman–Crippen LogP) is 2.18. The fraction of sp³-hybridized carbons (Fsp3) is 0.500. The Balaban J connectivity index is 2.35. The Hall–Kier alpha value is -2.04. The van der Waals surface area contributed by atoms with Crippen molar-refractivity contribution >= 4 is 11.9 Å². The summed E-state index contributed by atoms with van der Waals surface area (Å²) in [5.41, 5.74) is 1.12. The van der Waals surface area contributed by atoms with Gasteiger partial charge >= 0.3 is 5.97 Å². The molecule has 0 saturated heterocycles. The molecule has 0 spiro atoms. The first-order chi connectivity index (χ1) is 10.1. The van der Waals surface area contributed by atoms with Gasteiger partial charge in [-0.05, 0) is 31.5 Å². The summed E-state index contributed by atoms with van der Waals surface area (Å²) in [7, 11) is 1.34. The topological polar surface area (TPSA) is 55.8 Å². The molecule has 0 unspecified atom stereocenters. The van der Waals surface area contributed by atoms with Gasteiger partial charge in [0.2, 0.25) is 5.91 Å². The second kappa shape index (κ2) is 9.00. The maximum absolute atomic E-state index is 12.0. The lowest BCUT2D eigenvalue weighted by molar-refractivity contribution is -0.141. The molecule has 0 aromatic heterocycles. The minimum atomic E-state index is -0.308. The van der Waals surface area contributed by atoms with E-state index < -0.39 is 0 Å². The summed E-state index contributed by atoms with van der Waals surface area (Å²) in [6.45, 7) is 5.16. The number of methoxy groups -OCH3 is 1. The highest BCUT2D eigenvalue weighted by Crippen LogP contribution is 2.12. The number of benzene rings is 1. The second-order valence-electron chi connectivity index (χ2n) is 4.71. The van der Waals surface area contributed by atoms with E-state index in [2.05, 4.69) is 4.74 Å². The Bertz CT molecular complexity index is 473. The predicted molar refractivity (Wildman–Crippen MR) is 80.2 cm³/mol. The van der Waals surface area contributed by atoms with Gasteiger partial charge in [0.1, 0.15) is 5.75 Å². The smallest absolute Gasteiger partial charge is 0.307 e. The van der Waals surface area contributed by atoms with Crippen LogP contribution >= 0.6 is 0 Å².